The monoisotopic (exact) mass is 267 g/mol. The van der Waals surface area contributed by atoms with Crippen molar-refractivity contribution < 1.29 is 14.3 Å². The van der Waals surface area contributed by atoms with Crippen LogP contribution in [-0.2, 0) is 9.53 Å². The van der Waals surface area contributed by atoms with E-state index in [-0.39, 0.29) is 12.0 Å². The minimum absolute atomic E-state index is 0.0339. The van der Waals surface area contributed by atoms with E-state index >= 15 is 0 Å². The Balaban J connectivity index is 1.88. The molecule has 0 aromatic carbocycles. The van der Waals surface area contributed by atoms with Gasteiger partial charge in [0.05, 0.1) is 0 Å². The molecular formula is C15H25NO3. The summed E-state index contributed by atoms with van der Waals surface area (Å²) in [5.41, 5.74) is -0.470. The highest BCUT2D eigenvalue weighted by Gasteiger charge is 2.34. The molecule has 2 rings (SSSR count). The lowest BCUT2D eigenvalue weighted by Crippen LogP contribution is -2.46. The molecule has 0 spiro atoms. The first kappa shape index (κ1) is 14.4. The second-order valence-corrected chi connectivity index (χ2v) is 6.87. The highest BCUT2D eigenvalue weighted by molar-refractivity contribution is 5.84. The van der Waals surface area contributed by atoms with Crippen molar-refractivity contribution in [1.29, 1.82) is 0 Å². The quantitative estimate of drug-likeness (QED) is 0.772. The Labute approximate surface area is 115 Å². The van der Waals surface area contributed by atoms with Crippen LogP contribution in [0.25, 0.3) is 0 Å². The van der Waals surface area contributed by atoms with E-state index in [2.05, 4.69) is 0 Å². The summed E-state index contributed by atoms with van der Waals surface area (Å²) >= 11 is 0. The van der Waals surface area contributed by atoms with Crippen molar-refractivity contribution in [2.24, 2.45) is 11.8 Å². The fraction of sp³-hybridized carbons (Fsp3) is 0.867. The number of nitrogens with zero attached hydrogens (tertiary/aromatic N) is 1. The lowest BCUT2D eigenvalue weighted by molar-refractivity contribution is -0.126. The molecule has 0 aromatic heterocycles. The van der Waals surface area contributed by atoms with Gasteiger partial charge in [-0.1, -0.05) is 19.3 Å². The number of carbonyl (C=O) groups excluding carboxylic acids is 2. The fourth-order valence-corrected chi connectivity index (χ4v) is 2.74. The van der Waals surface area contributed by atoms with E-state index in [9.17, 15) is 9.59 Å². The van der Waals surface area contributed by atoms with Crippen LogP contribution >= 0.6 is 0 Å². The molecule has 0 aromatic rings. The smallest absolute Gasteiger partial charge is 0.410 e. The van der Waals surface area contributed by atoms with Gasteiger partial charge in [0.2, 0.25) is 0 Å². The van der Waals surface area contributed by atoms with Gasteiger partial charge in [-0.25, -0.2) is 4.79 Å². The molecule has 4 heteroatoms. The lowest BCUT2D eigenvalue weighted by Gasteiger charge is -2.36. The van der Waals surface area contributed by atoms with E-state index in [4.69, 9.17) is 4.74 Å². The third kappa shape index (κ3) is 3.95. The Hall–Kier alpha value is -1.06. The Morgan fingerprint density at radius 2 is 2.05 bits per heavy atom. The van der Waals surface area contributed by atoms with Crippen molar-refractivity contribution in [3.63, 3.8) is 0 Å². The molecule has 1 atom stereocenters. The number of carbonyl (C=O) groups is 2. The van der Waals surface area contributed by atoms with Gasteiger partial charge in [-0.15, -0.1) is 0 Å². The molecule has 2 fully saturated rings. The summed E-state index contributed by atoms with van der Waals surface area (Å²) in [6.45, 7) is 6.66. The zero-order valence-corrected chi connectivity index (χ0v) is 12.3. The van der Waals surface area contributed by atoms with Crippen molar-refractivity contribution in [2.75, 3.05) is 13.1 Å². The third-order valence-corrected chi connectivity index (χ3v) is 4.02. The summed E-state index contributed by atoms with van der Waals surface area (Å²) in [6.07, 6.45) is 4.95. The van der Waals surface area contributed by atoms with Crippen LogP contribution in [0.15, 0.2) is 0 Å². The molecule has 2 aliphatic rings. The Morgan fingerprint density at radius 1 is 1.37 bits per heavy atom. The van der Waals surface area contributed by atoms with E-state index in [1.54, 1.807) is 4.90 Å². The molecular weight excluding hydrogens is 242 g/mol. The van der Waals surface area contributed by atoms with Gasteiger partial charge in [0.1, 0.15) is 11.4 Å². The predicted molar refractivity (Wildman–Crippen MR) is 72.9 cm³/mol. The van der Waals surface area contributed by atoms with Gasteiger partial charge in [0, 0.05) is 25.4 Å². The van der Waals surface area contributed by atoms with Crippen LogP contribution < -0.4 is 0 Å². The summed E-state index contributed by atoms with van der Waals surface area (Å²) in [4.78, 5) is 25.7. The van der Waals surface area contributed by atoms with E-state index in [1.807, 2.05) is 20.8 Å². The van der Waals surface area contributed by atoms with Crippen LogP contribution in [0.3, 0.4) is 0 Å². The number of hydrogen-bond donors (Lipinski definition) is 0. The molecule has 108 valence electrons. The maximum Gasteiger partial charge on any atom is 0.410 e. The van der Waals surface area contributed by atoms with Crippen molar-refractivity contribution >= 4 is 11.9 Å². The van der Waals surface area contributed by atoms with Crippen LogP contribution in [0, 0.1) is 11.8 Å². The minimum atomic E-state index is -0.470. The van der Waals surface area contributed by atoms with E-state index in [1.165, 1.54) is 19.3 Å². The third-order valence-electron chi connectivity index (χ3n) is 4.02. The van der Waals surface area contributed by atoms with Crippen molar-refractivity contribution in [2.45, 2.75) is 58.5 Å². The van der Waals surface area contributed by atoms with E-state index in [0.29, 0.717) is 31.2 Å². The van der Waals surface area contributed by atoms with Crippen LogP contribution in [0.5, 0.6) is 0 Å². The van der Waals surface area contributed by atoms with Crippen LogP contribution in [0.4, 0.5) is 4.79 Å². The zero-order valence-electron chi connectivity index (χ0n) is 12.3. The maximum atomic E-state index is 12.0. The minimum Gasteiger partial charge on any atom is -0.444 e. The molecule has 1 aliphatic heterocycles. The molecule has 0 N–H and O–H groups in total. The number of likely N-dealkylation sites (tertiary alicyclic amines) is 1. The molecule has 1 saturated carbocycles. The molecule has 1 unspecified atom stereocenters. The van der Waals surface area contributed by atoms with Gasteiger partial charge < -0.3 is 9.64 Å². The maximum absolute atomic E-state index is 12.0. The molecule has 1 aliphatic carbocycles. The van der Waals surface area contributed by atoms with Crippen molar-refractivity contribution in [3.8, 4) is 0 Å². The Bertz CT molecular complexity index is 355. The molecule has 1 heterocycles. The molecule has 19 heavy (non-hydrogen) atoms. The highest BCUT2D eigenvalue weighted by Crippen LogP contribution is 2.34. The summed E-state index contributed by atoms with van der Waals surface area (Å²) in [6, 6.07) is 0. The number of ketones is 1. The van der Waals surface area contributed by atoms with E-state index in [0.717, 1.165) is 6.42 Å². The van der Waals surface area contributed by atoms with Crippen molar-refractivity contribution in [1.82, 2.24) is 4.90 Å². The second-order valence-electron chi connectivity index (χ2n) is 6.87. The number of amides is 1. The van der Waals surface area contributed by atoms with E-state index < -0.39 is 5.60 Å². The average molecular weight is 267 g/mol. The highest BCUT2D eigenvalue weighted by atomic mass is 16.6. The van der Waals surface area contributed by atoms with Crippen LogP contribution in [0.2, 0.25) is 0 Å². The second kappa shape index (κ2) is 5.51. The van der Waals surface area contributed by atoms with Gasteiger partial charge in [0.25, 0.3) is 0 Å². The Morgan fingerprint density at radius 3 is 2.58 bits per heavy atom. The number of piperidine rings is 1. The molecule has 1 saturated heterocycles. The SMILES string of the molecule is CC(C)(C)OC(=O)N1CCC(=O)C(CC2CCC2)C1. The Kier molecular flexibility index (Phi) is 4.16. The molecule has 4 nitrogen and oxygen atoms in total. The zero-order chi connectivity index (χ0) is 14.0. The number of hydrogen-bond acceptors (Lipinski definition) is 3. The standard InChI is InChI=1S/C15H25NO3/c1-15(2,3)19-14(18)16-8-7-13(17)12(10-16)9-11-5-4-6-11/h11-12H,4-10H2,1-3H3. The van der Waals surface area contributed by atoms with Crippen LogP contribution in [0.1, 0.15) is 52.9 Å². The first-order valence-electron chi connectivity index (χ1n) is 7.36. The summed E-state index contributed by atoms with van der Waals surface area (Å²) in [5.74, 6) is 1.06. The fourth-order valence-electron chi connectivity index (χ4n) is 2.74. The molecule has 1 amide bonds. The topological polar surface area (TPSA) is 46.6 Å². The van der Waals surface area contributed by atoms with Gasteiger partial charge >= 0.3 is 6.09 Å². The summed E-state index contributed by atoms with van der Waals surface area (Å²) in [5, 5.41) is 0. The first-order chi connectivity index (χ1) is 8.85. The number of ether oxygens (including phenoxy) is 1. The average Bonchev–Trinajstić information content (AvgIpc) is 2.23. The van der Waals surface area contributed by atoms with Gasteiger partial charge in [-0.2, -0.15) is 0 Å². The number of rotatable bonds is 2. The van der Waals surface area contributed by atoms with Gasteiger partial charge in [-0.3, -0.25) is 4.79 Å². The summed E-state index contributed by atoms with van der Waals surface area (Å²) in [7, 11) is 0. The molecule has 0 bridgehead atoms. The predicted octanol–water partition coefficient (Wildman–Crippen LogP) is 3.00. The van der Waals surface area contributed by atoms with Crippen molar-refractivity contribution in [3.05, 3.63) is 0 Å². The normalized spacial score (nSPS) is 25.1. The summed E-state index contributed by atoms with van der Waals surface area (Å²) < 4.78 is 5.38. The van der Waals surface area contributed by atoms with Crippen LogP contribution in [-0.4, -0.2) is 35.5 Å². The molecule has 0 radical (unpaired) electrons. The van der Waals surface area contributed by atoms with Gasteiger partial charge in [-0.05, 0) is 33.1 Å². The van der Waals surface area contributed by atoms with Gasteiger partial charge in [0.15, 0.2) is 0 Å². The first-order valence-corrected chi connectivity index (χ1v) is 7.36. The lowest BCUT2D eigenvalue weighted by atomic mass is 9.77. The largest absolute Gasteiger partial charge is 0.444 e. The number of Topliss-reactive ketones (excluding diaryl/α,β-unsaturated/α-hetero) is 1.